The summed E-state index contributed by atoms with van der Waals surface area (Å²) in [6.07, 6.45) is 6.06. The lowest BCUT2D eigenvalue weighted by Gasteiger charge is -2.27. The van der Waals surface area contributed by atoms with Crippen LogP contribution < -0.4 is 4.74 Å². The number of aromatic nitrogens is 2. The van der Waals surface area contributed by atoms with Gasteiger partial charge in [0.05, 0.1) is 40.3 Å². The second-order valence-corrected chi connectivity index (χ2v) is 8.04. The number of methoxy groups -OCH3 is 1. The zero-order chi connectivity index (χ0) is 19.4. The third kappa shape index (κ3) is 4.56. The molecule has 7 nitrogen and oxygen atoms in total. The molecule has 2 aromatic rings. The monoisotopic (exact) mass is 409 g/mol. The van der Waals surface area contributed by atoms with Crippen molar-refractivity contribution in [1.29, 1.82) is 0 Å². The minimum absolute atomic E-state index is 0.0880. The Morgan fingerprint density at radius 1 is 1.48 bits per heavy atom. The molecule has 0 unspecified atom stereocenters. The SMILES string of the molecule is COC(=O)[C@H]1CCC[C@H](Oc2ncc(-c3sc(Cl)cc3/C=N/O)nc2C)C1. The average Bonchev–Trinajstić information content (AvgIpc) is 3.03. The lowest BCUT2D eigenvalue weighted by molar-refractivity contribution is -0.147. The van der Waals surface area contributed by atoms with Crippen molar-refractivity contribution in [3.8, 4) is 16.5 Å². The molecule has 9 heteroatoms. The van der Waals surface area contributed by atoms with E-state index in [4.69, 9.17) is 26.3 Å². The molecule has 1 fully saturated rings. The lowest BCUT2D eigenvalue weighted by Crippen LogP contribution is -2.30. The summed E-state index contributed by atoms with van der Waals surface area (Å²) in [6, 6.07) is 1.71. The van der Waals surface area contributed by atoms with Crippen LogP contribution in [0.2, 0.25) is 4.34 Å². The average molecular weight is 410 g/mol. The summed E-state index contributed by atoms with van der Waals surface area (Å²) in [5, 5.41) is 11.9. The molecule has 144 valence electrons. The van der Waals surface area contributed by atoms with Crippen LogP contribution in [0.5, 0.6) is 5.88 Å². The maximum absolute atomic E-state index is 11.8. The minimum Gasteiger partial charge on any atom is -0.473 e. The summed E-state index contributed by atoms with van der Waals surface area (Å²) >= 11 is 7.40. The molecule has 0 aromatic carbocycles. The van der Waals surface area contributed by atoms with Crippen molar-refractivity contribution >= 4 is 35.1 Å². The number of aryl methyl sites for hydroxylation is 1. The second kappa shape index (κ2) is 8.67. The van der Waals surface area contributed by atoms with E-state index < -0.39 is 0 Å². The number of oxime groups is 1. The van der Waals surface area contributed by atoms with Gasteiger partial charge in [-0.2, -0.15) is 0 Å². The summed E-state index contributed by atoms with van der Waals surface area (Å²) in [4.78, 5) is 21.5. The molecule has 0 spiro atoms. The van der Waals surface area contributed by atoms with Gasteiger partial charge in [-0.25, -0.2) is 9.97 Å². The fourth-order valence-electron chi connectivity index (χ4n) is 3.22. The van der Waals surface area contributed by atoms with E-state index >= 15 is 0 Å². The largest absolute Gasteiger partial charge is 0.473 e. The second-order valence-electron chi connectivity index (χ2n) is 6.35. The molecule has 0 saturated heterocycles. The highest BCUT2D eigenvalue weighted by Gasteiger charge is 2.29. The Morgan fingerprint density at radius 2 is 2.30 bits per heavy atom. The van der Waals surface area contributed by atoms with E-state index in [0.29, 0.717) is 33.6 Å². The Labute approximate surface area is 166 Å². The molecule has 0 bridgehead atoms. The van der Waals surface area contributed by atoms with E-state index in [1.165, 1.54) is 24.7 Å². The number of halogens is 1. The summed E-state index contributed by atoms with van der Waals surface area (Å²) in [7, 11) is 1.41. The van der Waals surface area contributed by atoms with Gasteiger partial charge in [-0.1, -0.05) is 16.8 Å². The van der Waals surface area contributed by atoms with Crippen LogP contribution in [0.1, 0.15) is 36.9 Å². The van der Waals surface area contributed by atoms with E-state index in [2.05, 4.69) is 15.1 Å². The van der Waals surface area contributed by atoms with Crippen molar-refractivity contribution in [3.63, 3.8) is 0 Å². The number of hydrogen-bond acceptors (Lipinski definition) is 8. The highest BCUT2D eigenvalue weighted by atomic mass is 35.5. The van der Waals surface area contributed by atoms with Gasteiger partial charge >= 0.3 is 5.97 Å². The van der Waals surface area contributed by atoms with Gasteiger partial charge in [0.15, 0.2) is 0 Å². The first-order valence-corrected chi connectivity index (χ1v) is 9.76. The highest BCUT2D eigenvalue weighted by Crippen LogP contribution is 2.35. The molecule has 3 rings (SSSR count). The predicted molar refractivity (Wildman–Crippen MR) is 103 cm³/mol. The molecule has 0 aliphatic heterocycles. The van der Waals surface area contributed by atoms with Gasteiger partial charge in [-0.05, 0) is 38.7 Å². The number of thiophene rings is 1. The van der Waals surface area contributed by atoms with Crippen LogP contribution >= 0.6 is 22.9 Å². The molecule has 1 aliphatic carbocycles. The van der Waals surface area contributed by atoms with Gasteiger partial charge in [0.1, 0.15) is 11.8 Å². The number of hydrogen-bond donors (Lipinski definition) is 1. The van der Waals surface area contributed by atoms with Crippen LogP contribution in [0.3, 0.4) is 0 Å². The van der Waals surface area contributed by atoms with Crippen LogP contribution in [0.4, 0.5) is 0 Å². The van der Waals surface area contributed by atoms with Crippen molar-refractivity contribution in [2.75, 3.05) is 7.11 Å². The third-order valence-corrected chi connectivity index (χ3v) is 5.80. The normalized spacial score (nSPS) is 20.0. The van der Waals surface area contributed by atoms with Gasteiger partial charge in [0, 0.05) is 5.56 Å². The standard InChI is InChI=1S/C18H20ClN3O4S/c1-10-17(26-13-5-3-4-11(6-13)18(23)25-2)20-9-14(22-10)16-12(8-21-24)7-15(19)27-16/h7-9,11,13,24H,3-6H2,1-2H3/b21-8+/t11-,13-/m0/s1. The molecule has 0 radical (unpaired) electrons. The molecule has 2 aromatic heterocycles. The van der Waals surface area contributed by atoms with E-state index in [1.54, 1.807) is 12.3 Å². The van der Waals surface area contributed by atoms with E-state index in [1.807, 2.05) is 6.92 Å². The van der Waals surface area contributed by atoms with Gasteiger partial charge in [-0.15, -0.1) is 11.3 Å². The fraction of sp³-hybridized carbons (Fsp3) is 0.444. The maximum Gasteiger partial charge on any atom is 0.308 e. The quantitative estimate of drug-likeness (QED) is 0.346. The number of carbonyl (C=O) groups is 1. The number of carbonyl (C=O) groups excluding carboxylic acids is 1. The Hall–Kier alpha value is -2.19. The van der Waals surface area contributed by atoms with Crippen LogP contribution in [0, 0.1) is 12.8 Å². The molecule has 2 atom stereocenters. The topological polar surface area (TPSA) is 93.9 Å². The van der Waals surface area contributed by atoms with E-state index in [9.17, 15) is 4.79 Å². The van der Waals surface area contributed by atoms with Crippen molar-refractivity contribution in [3.05, 3.63) is 27.9 Å². The number of nitrogens with zero attached hydrogens (tertiary/aromatic N) is 3. The maximum atomic E-state index is 11.8. The lowest BCUT2D eigenvalue weighted by atomic mass is 9.87. The van der Waals surface area contributed by atoms with Crippen LogP contribution in [0.15, 0.2) is 17.4 Å². The van der Waals surface area contributed by atoms with Gasteiger partial charge in [0.2, 0.25) is 5.88 Å². The Balaban J connectivity index is 1.77. The zero-order valence-corrected chi connectivity index (χ0v) is 16.6. The summed E-state index contributed by atoms with van der Waals surface area (Å²) in [5.74, 6) is 0.137. The molecule has 2 heterocycles. The van der Waals surface area contributed by atoms with E-state index in [0.717, 1.165) is 24.1 Å². The molecule has 1 aliphatic rings. The summed E-state index contributed by atoms with van der Waals surface area (Å²) in [6.45, 7) is 1.82. The molecule has 27 heavy (non-hydrogen) atoms. The molecule has 1 saturated carbocycles. The van der Waals surface area contributed by atoms with Crippen LogP contribution in [0.25, 0.3) is 10.6 Å². The molecular formula is C18H20ClN3O4S. The predicted octanol–water partition coefficient (Wildman–Crippen LogP) is 4.09. The number of rotatable bonds is 5. The van der Waals surface area contributed by atoms with E-state index in [-0.39, 0.29) is 18.0 Å². The Morgan fingerprint density at radius 3 is 3.00 bits per heavy atom. The zero-order valence-electron chi connectivity index (χ0n) is 15.0. The molecule has 1 N–H and O–H groups in total. The first-order valence-electron chi connectivity index (χ1n) is 8.57. The summed E-state index contributed by atoms with van der Waals surface area (Å²) < 4.78 is 11.4. The summed E-state index contributed by atoms with van der Waals surface area (Å²) in [5.41, 5.74) is 1.94. The van der Waals surface area contributed by atoms with Crippen molar-refractivity contribution in [1.82, 2.24) is 9.97 Å². The fourth-order valence-corrected chi connectivity index (χ4v) is 4.38. The van der Waals surface area contributed by atoms with Crippen molar-refractivity contribution in [2.24, 2.45) is 11.1 Å². The molecule has 0 amide bonds. The first kappa shape index (κ1) is 19.6. The number of ether oxygens (including phenoxy) is 2. The Kier molecular flexibility index (Phi) is 6.28. The van der Waals surface area contributed by atoms with Crippen LogP contribution in [-0.4, -0.2) is 40.6 Å². The van der Waals surface area contributed by atoms with Crippen molar-refractivity contribution in [2.45, 2.75) is 38.7 Å². The van der Waals surface area contributed by atoms with Gasteiger partial charge in [-0.3, -0.25) is 4.79 Å². The number of esters is 1. The smallest absolute Gasteiger partial charge is 0.308 e. The molecular weight excluding hydrogens is 390 g/mol. The highest BCUT2D eigenvalue weighted by molar-refractivity contribution is 7.19. The minimum atomic E-state index is -0.186. The third-order valence-electron chi connectivity index (χ3n) is 4.50. The van der Waals surface area contributed by atoms with Crippen LogP contribution in [-0.2, 0) is 9.53 Å². The van der Waals surface area contributed by atoms with Gasteiger partial charge in [0.25, 0.3) is 0 Å². The van der Waals surface area contributed by atoms with Crippen molar-refractivity contribution < 1.29 is 19.5 Å². The Bertz CT molecular complexity index is 855. The van der Waals surface area contributed by atoms with Gasteiger partial charge < -0.3 is 14.7 Å². The first-order chi connectivity index (χ1) is 13.0.